The van der Waals surface area contributed by atoms with Crippen LogP contribution in [0.15, 0.2) is 12.4 Å². The Bertz CT molecular complexity index is 273. The molecule has 0 amide bonds. The maximum absolute atomic E-state index is 8.38. The van der Waals surface area contributed by atoms with Gasteiger partial charge in [0.1, 0.15) is 0 Å². The molecule has 3 nitrogen and oxygen atoms in total. The largest absolute Gasteiger partial charge is 0.267 e. The number of halogens is 1. The number of hydrogen-bond acceptors (Lipinski definition) is 2. The van der Waals surface area contributed by atoms with Gasteiger partial charge in [-0.2, -0.15) is 10.4 Å². The van der Waals surface area contributed by atoms with Crippen molar-refractivity contribution in [3.63, 3.8) is 0 Å². The van der Waals surface area contributed by atoms with Crippen LogP contribution in [0.5, 0.6) is 0 Å². The van der Waals surface area contributed by atoms with Crippen LogP contribution in [0.4, 0.5) is 0 Å². The Morgan fingerprint density at radius 1 is 1.91 bits per heavy atom. The van der Waals surface area contributed by atoms with E-state index in [0.29, 0.717) is 11.4 Å². The predicted octanol–water partition coefficient (Wildman–Crippen LogP) is 2.01. The van der Waals surface area contributed by atoms with Crippen molar-refractivity contribution in [1.29, 1.82) is 5.26 Å². The Hall–Kier alpha value is -1.01. The molecule has 0 aliphatic heterocycles. The molecule has 4 heteroatoms. The van der Waals surface area contributed by atoms with E-state index < -0.39 is 0 Å². The van der Waals surface area contributed by atoms with Crippen LogP contribution in [-0.2, 0) is 0 Å². The number of nitriles is 1. The van der Waals surface area contributed by atoms with Crippen LogP contribution in [0.2, 0.25) is 5.02 Å². The van der Waals surface area contributed by atoms with E-state index in [1.165, 1.54) is 0 Å². The molecule has 1 rings (SSSR count). The first kappa shape index (κ1) is 8.09. The summed E-state index contributed by atoms with van der Waals surface area (Å²) >= 11 is 5.64. The Morgan fingerprint density at radius 2 is 2.64 bits per heavy atom. The molecule has 0 aliphatic carbocycles. The van der Waals surface area contributed by atoms with Gasteiger partial charge in [0.05, 0.1) is 29.8 Å². The van der Waals surface area contributed by atoms with Crippen LogP contribution >= 0.6 is 11.6 Å². The van der Waals surface area contributed by atoms with E-state index in [1.807, 2.05) is 6.92 Å². The highest BCUT2D eigenvalue weighted by atomic mass is 35.5. The molecular formula is C7H8ClN3. The van der Waals surface area contributed by atoms with E-state index in [1.54, 1.807) is 17.1 Å². The summed E-state index contributed by atoms with van der Waals surface area (Å²) in [5.41, 5.74) is 0. The van der Waals surface area contributed by atoms with Crippen molar-refractivity contribution < 1.29 is 0 Å². The molecule has 1 aromatic rings. The highest BCUT2D eigenvalue weighted by Crippen LogP contribution is 2.12. The fourth-order valence-corrected chi connectivity index (χ4v) is 0.925. The van der Waals surface area contributed by atoms with Crippen molar-refractivity contribution in [2.45, 2.75) is 19.4 Å². The van der Waals surface area contributed by atoms with Gasteiger partial charge >= 0.3 is 0 Å². The highest BCUT2D eigenvalue weighted by Gasteiger charge is 2.03. The maximum Gasteiger partial charge on any atom is 0.0785 e. The molecule has 11 heavy (non-hydrogen) atoms. The van der Waals surface area contributed by atoms with Gasteiger partial charge in [0.25, 0.3) is 0 Å². The molecule has 0 bridgehead atoms. The second kappa shape index (κ2) is 3.40. The standard InChI is InChI=1S/C7H8ClN3/c1-6(2-3-9)11-5-7(8)4-10-11/h4-6H,2H2,1H3/t6-/m0/s1. The third kappa shape index (κ3) is 1.95. The molecule has 58 valence electrons. The SMILES string of the molecule is C[C@@H](CC#N)n1cc(Cl)cn1. The average Bonchev–Trinajstić information content (AvgIpc) is 2.36. The van der Waals surface area contributed by atoms with Crippen LogP contribution in [0.3, 0.4) is 0 Å². The molecule has 0 spiro atoms. The summed E-state index contributed by atoms with van der Waals surface area (Å²) in [6.45, 7) is 1.92. The van der Waals surface area contributed by atoms with E-state index in [4.69, 9.17) is 16.9 Å². The average molecular weight is 170 g/mol. The summed E-state index contributed by atoms with van der Waals surface area (Å²) < 4.78 is 1.69. The normalized spacial score (nSPS) is 12.5. The van der Waals surface area contributed by atoms with Gasteiger partial charge in [-0.3, -0.25) is 4.68 Å². The van der Waals surface area contributed by atoms with Crippen molar-refractivity contribution in [2.24, 2.45) is 0 Å². The molecule has 1 aromatic heterocycles. The maximum atomic E-state index is 8.38. The zero-order valence-electron chi connectivity index (χ0n) is 6.16. The molecule has 0 aliphatic rings. The van der Waals surface area contributed by atoms with Crippen LogP contribution in [-0.4, -0.2) is 9.78 Å². The summed E-state index contributed by atoms with van der Waals surface area (Å²) in [6.07, 6.45) is 3.73. The number of rotatable bonds is 2. The van der Waals surface area contributed by atoms with Gasteiger partial charge in [-0.15, -0.1) is 0 Å². The molecule has 0 saturated heterocycles. The molecule has 0 fully saturated rings. The smallest absolute Gasteiger partial charge is 0.0785 e. The molecule has 0 saturated carbocycles. The van der Waals surface area contributed by atoms with Crippen LogP contribution < -0.4 is 0 Å². The molecule has 1 heterocycles. The van der Waals surface area contributed by atoms with Crippen molar-refractivity contribution >= 4 is 11.6 Å². The molecule has 0 aromatic carbocycles. The summed E-state index contributed by atoms with van der Waals surface area (Å²) in [6, 6.07) is 2.18. The van der Waals surface area contributed by atoms with Gasteiger partial charge in [-0.25, -0.2) is 0 Å². The summed E-state index contributed by atoms with van der Waals surface area (Å²) in [4.78, 5) is 0. The Morgan fingerprint density at radius 3 is 3.09 bits per heavy atom. The minimum atomic E-state index is 0.104. The Labute approximate surface area is 70.2 Å². The van der Waals surface area contributed by atoms with Crippen molar-refractivity contribution in [2.75, 3.05) is 0 Å². The molecular weight excluding hydrogens is 162 g/mol. The molecule has 0 radical (unpaired) electrons. The lowest BCUT2D eigenvalue weighted by Crippen LogP contribution is -2.03. The lowest BCUT2D eigenvalue weighted by molar-refractivity contribution is 0.500. The number of aromatic nitrogens is 2. The molecule has 1 atom stereocenters. The van der Waals surface area contributed by atoms with Gasteiger partial charge in [-0.05, 0) is 6.92 Å². The quantitative estimate of drug-likeness (QED) is 0.680. The zero-order chi connectivity index (χ0) is 8.27. The monoisotopic (exact) mass is 169 g/mol. The van der Waals surface area contributed by atoms with Crippen LogP contribution in [0.1, 0.15) is 19.4 Å². The van der Waals surface area contributed by atoms with E-state index in [9.17, 15) is 0 Å². The molecule has 0 N–H and O–H groups in total. The van der Waals surface area contributed by atoms with Crippen molar-refractivity contribution in [3.05, 3.63) is 17.4 Å². The van der Waals surface area contributed by atoms with Crippen molar-refractivity contribution in [3.8, 4) is 6.07 Å². The lowest BCUT2D eigenvalue weighted by atomic mass is 10.3. The Kier molecular flexibility index (Phi) is 2.50. The van der Waals surface area contributed by atoms with Crippen molar-refractivity contribution in [1.82, 2.24) is 9.78 Å². The predicted molar refractivity (Wildman–Crippen MR) is 42.2 cm³/mol. The molecule has 0 unspecified atom stereocenters. The van der Waals surface area contributed by atoms with E-state index in [-0.39, 0.29) is 6.04 Å². The minimum absolute atomic E-state index is 0.104. The van der Waals surface area contributed by atoms with Gasteiger partial charge in [-0.1, -0.05) is 11.6 Å². The van der Waals surface area contributed by atoms with Crippen LogP contribution in [0.25, 0.3) is 0 Å². The summed E-state index contributed by atoms with van der Waals surface area (Å²) in [5.74, 6) is 0. The minimum Gasteiger partial charge on any atom is -0.267 e. The second-order valence-corrected chi connectivity index (χ2v) is 2.79. The number of nitrogens with zero attached hydrogens (tertiary/aromatic N) is 3. The highest BCUT2D eigenvalue weighted by molar-refractivity contribution is 6.30. The van der Waals surface area contributed by atoms with E-state index in [2.05, 4.69) is 11.2 Å². The number of hydrogen-bond donors (Lipinski definition) is 0. The zero-order valence-corrected chi connectivity index (χ0v) is 6.91. The Balaban J connectivity index is 2.70. The van der Waals surface area contributed by atoms with Crippen LogP contribution in [0, 0.1) is 11.3 Å². The first-order valence-corrected chi connectivity index (χ1v) is 3.68. The fraction of sp³-hybridized carbons (Fsp3) is 0.429. The summed E-state index contributed by atoms with van der Waals surface area (Å²) in [7, 11) is 0. The van der Waals surface area contributed by atoms with Gasteiger partial charge in [0.2, 0.25) is 0 Å². The van der Waals surface area contributed by atoms with Gasteiger partial charge in [0.15, 0.2) is 0 Å². The third-order valence-corrected chi connectivity index (χ3v) is 1.60. The summed E-state index contributed by atoms with van der Waals surface area (Å²) in [5, 5.41) is 13.0. The van der Waals surface area contributed by atoms with Gasteiger partial charge < -0.3 is 0 Å². The first-order valence-electron chi connectivity index (χ1n) is 3.30. The topological polar surface area (TPSA) is 41.6 Å². The first-order chi connectivity index (χ1) is 5.24. The van der Waals surface area contributed by atoms with E-state index in [0.717, 1.165) is 0 Å². The van der Waals surface area contributed by atoms with E-state index >= 15 is 0 Å². The van der Waals surface area contributed by atoms with Gasteiger partial charge in [0, 0.05) is 6.20 Å². The fourth-order valence-electron chi connectivity index (χ4n) is 0.782. The second-order valence-electron chi connectivity index (χ2n) is 2.35. The lowest BCUT2D eigenvalue weighted by Gasteiger charge is -2.05. The third-order valence-electron chi connectivity index (χ3n) is 1.41.